The van der Waals surface area contributed by atoms with E-state index in [0.717, 1.165) is 10.0 Å². The zero-order valence-electron chi connectivity index (χ0n) is 13.7. The summed E-state index contributed by atoms with van der Waals surface area (Å²) in [6, 6.07) is 16.0. The van der Waals surface area contributed by atoms with Gasteiger partial charge in [0.05, 0.1) is 0 Å². The van der Waals surface area contributed by atoms with Gasteiger partial charge in [0.2, 0.25) is 0 Å². The number of hydrogen-bond acceptors (Lipinski definition) is 2. The van der Waals surface area contributed by atoms with Crippen molar-refractivity contribution in [2.45, 2.75) is 42.9 Å². The highest BCUT2D eigenvalue weighted by Gasteiger charge is 1.93. The van der Waals surface area contributed by atoms with Crippen molar-refractivity contribution < 1.29 is 0 Å². The Labute approximate surface area is 159 Å². The van der Waals surface area contributed by atoms with Crippen LogP contribution in [0.25, 0.3) is 0 Å². The maximum Gasteiger partial charge on any atom is 0.0406 e. The van der Waals surface area contributed by atoms with Gasteiger partial charge in [0.15, 0.2) is 0 Å². The van der Waals surface area contributed by atoms with Crippen LogP contribution in [0.4, 0.5) is 0 Å². The second kappa shape index (κ2) is 13.1. The van der Waals surface area contributed by atoms with E-state index in [9.17, 15) is 0 Å². The van der Waals surface area contributed by atoms with E-state index in [1.54, 1.807) is 0 Å². The summed E-state index contributed by atoms with van der Waals surface area (Å²) in [5, 5.41) is 1.63. The third-order valence-corrected chi connectivity index (χ3v) is 5.69. The molecule has 0 N–H and O–H groups in total. The number of unbranched alkanes of at least 4 members (excludes halogenated alkanes) is 1. The topological polar surface area (TPSA) is 0 Å². The van der Waals surface area contributed by atoms with Crippen LogP contribution in [-0.4, -0.2) is 11.5 Å². The summed E-state index contributed by atoms with van der Waals surface area (Å²) in [5.41, 5.74) is 0. The molecule has 0 aliphatic heterocycles. The largest absolute Gasteiger partial charge is 0.126 e. The van der Waals surface area contributed by atoms with Gasteiger partial charge in [-0.25, -0.2) is 0 Å². The molecule has 23 heavy (non-hydrogen) atoms. The Bertz CT molecular complexity index is 524. The molecule has 0 aliphatic carbocycles. The van der Waals surface area contributed by atoms with E-state index in [1.165, 1.54) is 40.6 Å². The van der Waals surface area contributed by atoms with Crippen molar-refractivity contribution in [1.29, 1.82) is 0 Å². The molecular weight excluding hydrogens is 363 g/mol. The predicted molar refractivity (Wildman–Crippen MR) is 110 cm³/mol. The molecule has 126 valence electrons. The van der Waals surface area contributed by atoms with Crippen LogP contribution in [0.5, 0.6) is 0 Å². The Morgan fingerprint density at radius 3 is 1.48 bits per heavy atom. The fraction of sp³-hybridized carbons (Fsp3) is 0.368. The van der Waals surface area contributed by atoms with Crippen LogP contribution in [0.15, 0.2) is 58.3 Å². The van der Waals surface area contributed by atoms with Gasteiger partial charge in [0, 0.05) is 19.8 Å². The van der Waals surface area contributed by atoms with Gasteiger partial charge in [0.25, 0.3) is 0 Å². The standard InChI is InChI=1S/C10H13ClS.C9H11ClS/c1-2-3-8-12-10-6-4-9(11)5-7-10;1-2-7-11-9-5-3-8(10)4-6-9/h4-7H,2-3,8H2,1H3;3-6H,2,7H2,1H3. The van der Waals surface area contributed by atoms with Gasteiger partial charge in [-0.15, -0.1) is 23.5 Å². The minimum Gasteiger partial charge on any atom is -0.126 e. The number of rotatable bonds is 7. The van der Waals surface area contributed by atoms with E-state index in [-0.39, 0.29) is 0 Å². The van der Waals surface area contributed by atoms with Crippen molar-refractivity contribution in [3.05, 3.63) is 58.6 Å². The maximum atomic E-state index is 5.76. The molecule has 0 heterocycles. The van der Waals surface area contributed by atoms with Gasteiger partial charge in [-0.3, -0.25) is 0 Å². The Hall–Kier alpha value is -0.280. The van der Waals surface area contributed by atoms with Gasteiger partial charge in [-0.1, -0.05) is 43.5 Å². The quantitative estimate of drug-likeness (QED) is 0.348. The van der Waals surface area contributed by atoms with Crippen molar-refractivity contribution in [3.63, 3.8) is 0 Å². The molecule has 0 nitrogen and oxygen atoms in total. The third-order valence-electron chi connectivity index (χ3n) is 2.87. The molecule has 0 bridgehead atoms. The molecule has 0 spiro atoms. The highest BCUT2D eigenvalue weighted by molar-refractivity contribution is 7.99. The van der Waals surface area contributed by atoms with Crippen LogP contribution in [0.2, 0.25) is 10.0 Å². The summed E-state index contributed by atoms with van der Waals surface area (Å²) in [5.74, 6) is 2.39. The number of halogens is 2. The lowest BCUT2D eigenvalue weighted by molar-refractivity contribution is 0.896. The SMILES string of the molecule is CCCCSc1ccc(Cl)cc1.CCCSc1ccc(Cl)cc1. The molecule has 0 atom stereocenters. The summed E-state index contributed by atoms with van der Waals surface area (Å²) in [4.78, 5) is 2.61. The highest BCUT2D eigenvalue weighted by atomic mass is 35.5. The van der Waals surface area contributed by atoms with E-state index in [2.05, 4.69) is 38.1 Å². The van der Waals surface area contributed by atoms with Gasteiger partial charge in [-0.05, 0) is 72.9 Å². The van der Waals surface area contributed by atoms with Gasteiger partial charge < -0.3 is 0 Å². The molecule has 4 heteroatoms. The van der Waals surface area contributed by atoms with Crippen LogP contribution in [0.3, 0.4) is 0 Å². The number of benzene rings is 2. The second-order valence-electron chi connectivity index (χ2n) is 4.96. The smallest absolute Gasteiger partial charge is 0.0406 e. The minimum absolute atomic E-state index is 0.811. The molecule has 0 saturated carbocycles. The average Bonchev–Trinajstić information content (AvgIpc) is 2.57. The zero-order chi connectivity index (χ0) is 16.9. The fourth-order valence-corrected chi connectivity index (χ4v) is 3.63. The first-order chi connectivity index (χ1) is 11.2. The molecule has 2 aromatic carbocycles. The lowest BCUT2D eigenvalue weighted by atomic mass is 10.4. The van der Waals surface area contributed by atoms with Gasteiger partial charge >= 0.3 is 0 Å². The van der Waals surface area contributed by atoms with Crippen molar-refractivity contribution in [3.8, 4) is 0 Å². The Kier molecular flexibility index (Phi) is 11.8. The molecule has 0 radical (unpaired) electrons. The minimum atomic E-state index is 0.811. The molecule has 2 aromatic rings. The summed E-state index contributed by atoms with van der Waals surface area (Å²) in [6.45, 7) is 4.39. The number of thioether (sulfide) groups is 2. The van der Waals surface area contributed by atoms with Crippen molar-refractivity contribution in [2.75, 3.05) is 11.5 Å². The van der Waals surface area contributed by atoms with Crippen LogP contribution in [0, 0.1) is 0 Å². The monoisotopic (exact) mass is 386 g/mol. The molecule has 0 saturated heterocycles. The summed E-state index contributed by atoms with van der Waals surface area (Å²) in [6.07, 6.45) is 3.77. The van der Waals surface area contributed by atoms with E-state index in [0.29, 0.717) is 0 Å². The zero-order valence-corrected chi connectivity index (χ0v) is 16.9. The Morgan fingerprint density at radius 2 is 1.09 bits per heavy atom. The van der Waals surface area contributed by atoms with Crippen molar-refractivity contribution in [1.82, 2.24) is 0 Å². The lowest BCUT2D eigenvalue weighted by Gasteiger charge is -1.99. The van der Waals surface area contributed by atoms with Gasteiger partial charge in [0.1, 0.15) is 0 Å². The van der Waals surface area contributed by atoms with Crippen molar-refractivity contribution >= 4 is 46.7 Å². The lowest BCUT2D eigenvalue weighted by Crippen LogP contribution is -1.77. The molecule has 0 aromatic heterocycles. The highest BCUT2D eigenvalue weighted by Crippen LogP contribution is 2.21. The fourth-order valence-electron chi connectivity index (χ4n) is 1.62. The van der Waals surface area contributed by atoms with E-state index >= 15 is 0 Å². The van der Waals surface area contributed by atoms with Gasteiger partial charge in [-0.2, -0.15) is 0 Å². The second-order valence-corrected chi connectivity index (χ2v) is 8.17. The Morgan fingerprint density at radius 1 is 0.652 bits per heavy atom. The summed E-state index contributed by atoms with van der Waals surface area (Å²) >= 11 is 15.3. The third kappa shape index (κ3) is 10.2. The van der Waals surface area contributed by atoms with E-state index < -0.39 is 0 Å². The van der Waals surface area contributed by atoms with Crippen LogP contribution in [0.1, 0.15) is 33.1 Å². The summed E-state index contributed by atoms with van der Waals surface area (Å²) < 4.78 is 0. The summed E-state index contributed by atoms with van der Waals surface area (Å²) in [7, 11) is 0. The molecule has 2 rings (SSSR count). The predicted octanol–water partition coefficient (Wildman–Crippen LogP) is 8.07. The van der Waals surface area contributed by atoms with Crippen LogP contribution in [-0.2, 0) is 0 Å². The first-order valence-corrected chi connectivity index (χ1v) is 10.6. The average molecular weight is 387 g/mol. The van der Waals surface area contributed by atoms with Crippen LogP contribution >= 0.6 is 46.7 Å². The van der Waals surface area contributed by atoms with E-state index in [4.69, 9.17) is 23.2 Å². The molecule has 0 amide bonds. The Balaban J connectivity index is 0.000000231. The normalized spacial score (nSPS) is 10.1. The van der Waals surface area contributed by atoms with Crippen LogP contribution < -0.4 is 0 Å². The number of hydrogen-bond donors (Lipinski definition) is 0. The first kappa shape index (κ1) is 20.8. The molecular formula is C19H24Cl2S2. The van der Waals surface area contributed by atoms with E-state index in [1.807, 2.05) is 47.8 Å². The van der Waals surface area contributed by atoms with Crippen molar-refractivity contribution in [2.24, 2.45) is 0 Å². The maximum absolute atomic E-state index is 5.76. The first-order valence-electron chi connectivity index (χ1n) is 7.92. The molecule has 0 fully saturated rings. The molecule has 0 aliphatic rings. The molecule has 0 unspecified atom stereocenters.